The standard InChI is InChI=1S/C14H12N6O/c1-18-4-2-10(8-18)11-6-15-20(9-11)12-7-16-19-5-3-13(21)17-14(12)19/h2-9H,1H3,(H,17,21). The molecule has 4 heterocycles. The van der Waals surface area contributed by atoms with Crippen molar-refractivity contribution < 1.29 is 0 Å². The molecule has 4 rings (SSSR count). The van der Waals surface area contributed by atoms with E-state index in [1.165, 1.54) is 6.07 Å². The van der Waals surface area contributed by atoms with Crippen LogP contribution in [0.15, 0.2) is 54.1 Å². The molecule has 0 aliphatic rings. The molecule has 4 aromatic rings. The van der Waals surface area contributed by atoms with Crippen molar-refractivity contribution >= 4 is 5.65 Å². The van der Waals surface area contributed by atoms with E-state index in [1.54, 1.807) is 27.8 Å². The first-order valence-corrected chi connectivity index (χ1v) is 6.45. The summed E-state index contributed by atoms with van der Waals surface area (Å²) in [6.45, 7) is 0. The monoisotopic (exact) mass is 280 g/mol. The normalized spacial score (nSPS) is 11.3. The van der Waals surface area contributed by atoms with Crippen LogP contribution >= 0.6 is 0 Å². The van der Waals surface area contributed by atoms with Crippen LogP contribution in [0.2, 0.25) is 0 Å². The van der Waals surface area contributed by atoms with Crippen LogP contribution in [0.1, 0.15) is 0 Å². The van der Waals surface area contributed by atoms with Gasteiger partial charge in [-0.15, -0.1) is 0 Å². The van der Waals surface area contributed by atoms with Gasteiger partial charge in [0.2, 0.25) is 0 Å². The number of fused-ring (bicyclic) bond motifs is 1. The lowest BCUT2D eigenvalue weighted by molar-refractivity contribution is 0.883. The fourth-order valence-electron chi connectivity index (χ4n) is 2.33. The molecule has 7 nitrogen and oxygen atoms in total. The molecule has 0 atom stereocenters. The van der Waals surface area contributed by atoms with E-state index in [0.717, 1.165) is 16.8 Å². The molecular formula is C14H12N6O. The Hall–Kier alpha value is -3.09. The summed E-state index contributed by atoms with van der Waals surface area (Å²) < 4.78 is 5.31. The summed E-state index contributed by atoms with van der Waals surface area (Å²) in [5.41, 5.74) is 3.28. The van der Waals surface area contributed by atoms with E-state index in [-0.39, 0.29) is 5.56 Å². The minimum Gasteiger partial charge on any atom is -0.357 e. The third-order valence-corrected chi connectivity index (χ3v) is 3.38. The Morgan fingerprint density at radius 1 is 1.05 bits per heavy atom. The predicted molar refractivity (Wildman–Crippen MR) is 77.3 cm³/mol. The van der Waals surface area contributed by atoms with Crippen molar-refractivity contribution in [3.8, 4) is 16.8 Å². The summed E-state index contributed by atoms with van der Waals surface area (Å²) in [6.07, 6.45) is 11.0. The van der Waals surface area contributed by atoms with E-state index >= 15 is 0 Å². The first kappa shape index (κ1) is 11.7. The fraction of sp³-hybridized carbons (Fsp3) is 0.0714. The predicted octanol–water partition coefficient (Wildman–Crippen LogP) is 1.21. The Morgan fingerprint density at radius 3 is 2.76 bits per heavy atom. The van der Waals surface area contributed by atoms with E-state index in [2.05, 4.69) is 15.2 Å². The molecule has 0 aromatic carbocycles. The summed E-state index contributed by atoms with van der Waals surface area (Å²) >= 11 is 0. The molecule has 0 radical (unpaired) electrons. The average molecular weight is 280 g/mol. The zero-order valence-electron chi connectivity index (χ0n) is 11.3. The van der Waals surface area contributed by atoms with Gasteiger partial charge in [-0.3, -0.25) is 4.79 Å². The van der Waals surface area contributed by atoms with Crippen LogP contribution in [0.4, 0.5) is 0 Å². The smallest absolute Gasteiger partial charge is 0.251 e. The molecule has 0 unspecified atom stereocenters. The van der Waals surface area contributed by atoms with Crippen LogP contribution in [-0.2, 0) is 7.05 Å². The van der Waals surface area contributed by atoms with Gasteiger partial charge in [-0.1, -0.05) is 0 Å². The minimum absolute atomic E-state index is 0.167. The Morgan fingerprint density at radius 2 is 1.95 bits per heavy atom. The first-order chi connectivity index (χ1) is 10.2. The Balaban J connectivity index is 1.84. The largest absolute Gasteiger partial charge is 0.357 e. The number of nitrogens with zero attached hydrogens (tertiary/aromatic N) is 5. The summed E-state index contributed by atoms with van der Waals surface area (Å²) in [5, 5.41) is 8.56. The lowest BCUT2D eigenvalue weighted by Crippen LogP contribution is -2.07. The summed E-state index contributed by atoms with van der Waals surface area (Å²) in [7, 11) is 1.98. The molecule has 4 aromatic heterocycles. The van der Waals surface area contributed by atoms with E-state index in [1.807, 2.05) is 36.3 Å². The zero-order chi connectivity index (χ0) is 14.4. The highest BCUT2D eigenvalue weighted by atomic mass is 16.1. The van der Waals surface area contributed by atoms with Crippen molar-refractivity contribution in [2.75, 3.05) is 0 Å². The van der Waals surface area contributed by atoms with E-state index in [0.29, 0.717) is 5.65 Å². The molecule has 1 N–H and O–H groups in total. The van der Waals surface area contributed by atoms with Gasteiger partial charge < -0.3 is 9.55 Å². The molecule has 0 amide bonds. The highest BCUT2D eigenvalue weighted by Crippen LogP contribution is 2.21. The number of nitrogens with one attached hydrogen (secondary N) is 1. The second-order valence-corrected chi connectivity index (χ2v) is 4.87. The van der Waals surface area contributed by atoms with Crippen molar-refractivity contribution in [2.45, 2.75) is 0 Å². The van der Waals surface area contributed by atoms with Crippen molar-refractivity contribution in [1.29, 1.82) is 0 Å². The van der Waals surface area contributed by atoms with Gasteiger partial charge >= 0.3 is 0 Å². The molecule has 0 aliphatic carbocycles. The highest BCUT2D eigenvalue weighted by molar-refractivity contribution is 5.63. The molecule has 104 valence electrons. The van der Waals surface area contributed by atoms with E-state index < -0.39 is 0 Å². The number of aromatic amines is 1. The average Bonchev–Trinajstić information content (AvgIpc) is 3.16. The third-order valence-electron chi connectivity index (χ3n) is 3.38. The van der Waals surface area contributed by atoms with Gasteiger partial charge in [-0.25, -0.2) is 9.20 Å². The van der Waals surface area contributed by atoms with Crippen molar-refractivity contribution in [3.63, 3.8) is 0 Å². The SMILES string of the molecule is Cn1ccc(-c2cnn(-c3cnn4ccc(=O)[nH]c34)c2)c1. The lowest BCUT2D eigenvalue weighted by atomic mass is 10.2. The maximum Gasteiger partial charge on any atom is 0.251 e. The molecule has 7 heteroatoms. The molecule has 0 saturated heterocycles. The van der Waals surface area contributed by atoms with Gasteiger partial charge in [-0.2, -0.15) is 10.2 Å². The molecule has 0 fully saturated rings. The van der Waals surface area contributed by atoms with E-state index in [4.69, 9.17) is 0 Å². The molecular weight excluding hydrogens is 268 g/mol. The zero-order valence-corrected chi connectivity index (χ0v) is 11.3. The fourth-order valence-corrected chi connectivity index (χ4v) is 2.33. The first-order valence-electron chi connectivity index (χ1n) is 6.45. The van der Waals surface area contributed by atoms with Gasteiger partial charge in [-0.05, 0) is 6.07 Å². The molecule has 21 heavy (non-hydrogen) atoms. The van der Waals surface area contributed by atoms with Crippen LogP contribution in [-0.4, -0.2) is 28.9 Å². The number of aryl methyl sites for hydroxylation is 1. The summed E-state index contributed by atoms with van der Waals surface area (Å²) in [4.78, 5) is 14.2. The van der Waals surface area contributed by atoms with Gasteiger partial charge in [0.05, 0.1) is 12.4 Å². The lowest BCUT2D eigenvalue weighted by Gasteiger charge is -1.97. The number of hydrogen-bond donors (Lipinski definition) is 1. The Bertz CT molecular complexity index is 986. The van der Waals surface area contributed by atoms with Crippen LogP contribution in [0, 0.1) is 0 Å². The summed E-state index contributed by atoms with van der Waals surface area (Å²) in [6, 6.07) is 3.46. The Kier molecular flexibility index (Phi) is 2.34. The second-order valence-electron chi connectivity index (χ2n) is 4.87. The molecule has 0 aliphatic heterocycles. The van der Waals surface area contributed by atoms with Gasteiger partial charge in [0, 0.05) is 49.0 Å². The molecule has 0 bridgehead atoms. The van der Waals surface area contributed by atoms with E-state index in [9.17, 15) is 4.79 Å². The van der Waals surface area contributed by atoms with Crippen LogP contribution in [0.3, 0.4) is 0 Å². The van der Waals surface area contributed by atoms with Crippen LogP contribution in [0.25, 0.3) is 22.5 Å². The minimum atomic E-state index is -0.167. The number of H-pyrrole nitrogens is 1. The number of rotatable bonds is 2. The highest BCUT2D eigenvalue weighted by Gasteiger charge is 2.10. The van der Waals surface area contributed by atoms with Gasteiger partial charge in [0.15, 0.2) is 5.65 Å². The maximum atomic E-state index is 11.5. The molecule has 0 spiro atoms. The molecule has 0 saturated carbocycles. The number of hydrogen-bond acceptors (Lipinski definition) is 3. The maximum absolute atomic E-state index is 11.5. The quantitative estimate of drug-likeness (QED) is 0.600. The van der Waals surface area contributed by atoms with Crippen molar-refractivity contribution in [1.82, 2.24) is 28.9 Å². The second kappa shape index (κ2) is 4.20. The third kappa shape index (κ3) is 1.86. The summed E-state index contributed by atoms with van der Waals surface area (Å²) in [5.74, 6) is 0. The number of aromatic nitrogens is 6. The van der Waals surface area contributed by atoms with Crippen molar-refractivity contribution in [3.05, 3.63) is 59.7 Å². The Labute approximate surface area is 119 Å². The van der Waals surface area contributed by atoms with Crippen molar-refractivity contribution in [2.24, 2.45) is 7.05 Å². The van der Waals surface area contributed by atoms with Gasteiger partial charge in [0.25, 0.3) is 5.56 Å². The van der Waals surface area contributed by atoms with Gasteiger partial charge in [0.1, 0.15) is 5.69 Å². The van der Waals surface area contributed by atoms with Crippen LogP contribution in [0.5, 0.6) is 0 Å². The van der Waals surface area contributed by atoms with Crippen LogP contribution < -0.4 is 5.56 Å². The topological polar surface area (TPSA) is 72.9 Å².